The minimum Gasteiger partial charge on any atom is -0.394 e. The molecule has 1 saturated heterocycles. The zero-order valence-electron chi connectivity index (χ0n) is 44.7. The van der Waals surface area contributed by atoms with Gasteiger partial charge >= 0.3 is 0 Å². The van der Waals surface area contributed by atoms with Crippen molar-refractivity contribution in [2.45, 2.75) is 281 Å². The van der Waals surface area contributed by atoms with Crippen LogP contribution in [-0.2, 0) is 14.3 Å². The van der Waals surface area contributed by atoms with Crippen LogP contribution < -0.4 is 5.32 Å². The predicted octanol–water partition coefficient (Wildman–Crippen LogP) is 14.2. The highest BCUT2D eigenvalue weighted by Gasteiger charge is 2.44. The van der Waals surface area contributed by atoms with E-state index in [1.165, 1.54) is 148 Å². The smallest absolute Gasteiger partial charge is 0.220 e. The monoisotopic (exact) mass is 982 g/mol. The molecule has 1 aliphatic rings. The van der Waals surface area contributed by atoms with Crippen molar-refractivity contribution in [1.82, 2.24) is 5.32 Å². The van der Waals surface area contributed by atoms with E-state index < -0.39 is 49.5 Å². The number of nitrogens with one attached hydrogen (secondary N) is 1. The maximum Gasteiger partial charge on any atom is 0.220 e. The Labute approximate surface area is 429 Å². The summed E-state index contributed by atoms with van der Waals surface area (Å²) in [4.78, 5) is 13.0. The van der Waals surface area contributed by atoms with Gasteiger partial charge in [-0.1, -0.05) is 240 Å². The molecule has 7 unspecified atom stereocenters. The topological polar surface area (TPSA) is 149 Å². The van der Waals surface area contributed by atoms with Gasteiger partial charge in [-0.15, -0.1) is 0 Å². The summed E-state index contributed by atoms with van der Waals surface area (Å²) >= 11 is 0. The first-order chi connectivity index (χ1) is 34.3. The zero-order chi connectivity index (χ0) is 50.8. The summed E-state index contributed by atoms with van der Waals surface area (Å²) in [5.41, 5.74) is 0. The average Bonchev–Trinajstić information content (AvgIpc) is 3.36. The van der Waals surface area contributed by atoms with Gasteiger partial charge in [-0.05, 0) is 77.0 Å². The van der Waals surface area contributed by atoms with Crippen LogP contribution in [0.2, 0.25) is 0 Å². The molecule has 1 fully saturated rings. The lowest BCUT2D eigenvalue weighted by Gasteiger charge is -2.40. The van der Waals surface area contributed by atoms with E-state index in [1.807, 2.05) is 6.08 Å². The molecule has 0 radical (unpaired) electrons. The molecule has 7 atom stereocenters. The number of rotatable bonds is 48. The molecule has 0 aromatic rings. The van der Waals surface area contributed by atoms with Crippen LogP contribution in [0.1, 0.15) is 239 Å². The SMILES string of the molecule is CC/C=C\C/C=C\C/C=C\C/C=C\C/C=C\CCCCCCCCCCCCCCCCCC(=O)NC(COC1OC(CO)C(O)C(O)C1O)C(O)/C=C/CC/C=C/CCCCCCCCCCCC. The van der Waals surface area contributed by atoms with Gasteiger partial charge in [-0.2, -0.15) is 0 Å². The molecule has 70 heavy (non-hydrogen) atoms. The third-order valence-corrected chi connectivity index (χ3v) is 13.2. The molecule has 0 bridgehead atoms. The molecule has 0 aliphatic carbocycles. The second kappa shape index (κ2) is 49.9. The molecule has 9 nitrogen and oxygen atoms in total. The summed E-state index contributed by atoms with van der Waals surface area (Å²) in [6.07, 6.45) is 63.6. The lowest BCUT2D eigenvalue weighted by atomic mass is 9.99. The Balaban J connectivity index is 2.19. The molecule has 1 rings (SSSR count). The minimum atomic E-state index is -1.57. The quantitative estimate of drug-likeness (QED) is 0.0261. The van der Waals surface area contributed by atoms with E-state index in [0.717, 1.165) is 70.6 Å². The van der Waals surface area contributed by atoms with Gasteiger partial charge in [0.2, 0.25) is 5.91 Å². The number of carbonyl (C=O) groups excluding carboxylic acids is 1. The maximum absolute atomic E-state index is 13.0. The summed E-state index contributed by atoms with van der Waals surface area (Å²) in [5.74, 6) is -0.189. The Kier molecular flexibility index (Phi) is 46.6. The number of allylic oxidation sites excluding steroid dienone is 13. The maximum atomic E-state index is 13.0. The number of ether oxygens (including phenoxy) is 2. The number of aliphatic hydroxyl groups excluding tert-OH is 5. The van der Waals surface area contributed by atoms with E-state index >= 15 is 0 Å². The third-order valence-electron chi connectivity index (χ3n) is 13.2. The van der Waals surface area contributed by atoms with Crippen LogP contribution in [0.25, 0.3) is 0 Å². The van der Waals surface area contributed by atoms with Crippen molar-refractivity contribution in [3.63, 3.8) is 0 Å². The van der Waals surface area contributed by atoms with Crippen LogP contribution in [-0.4, -0.2) is 87.5 Å². The Bertz CT molecular complexity index is 1370. The molecule has 6 N–H and O–H groups in total. The average molecular weight is 983 g/mol. The number of hydrogen-bond acceptors (Lipinski definition) is 8. The molecule has 1 amide bonds. The summed E-state index contributed by atoms with van der Waals surface area (Å²) in [6, 6.07) is -0.825. The molecular formula is C61H107NO8. The van der Waals surface area contributed by atoms with Crippen molar-refractivity contribution in [3.05, 3.63) is 85.1 Å². The van der Waals surface area contributed by atoms with Crippen molar-refractivity contribution in [2.24, 2.45) is 0 Å². The Hall–Kier alpha value is -2.63. The van der Waals surface area contributed by atoms with Crippen LogP contribution in [0.4, 0.5) is 0 Å². The van der Waals surface area contributed by atoms with Crippen LogP contribution in [0.5, 0.6) is 0 Å². The van der Waals surface area contributed by atoms with Gasteiger partial charge in [-0.3, -0.25) is 4.79 Å². The van der Waals surface area contributed by atoms with Gasteiger partial charge in [0.15, 0.2) is 6.29 Å². The van der Waals surface area contributed by atoms with Crippen molar-refractivity contribution in [2.75, 3.05) is 13.2 Å². The number of aliphatic hydroxyl groups is 5. The summed E-state index contributed by atoms with van der Waals surface area (Å²) in [6.45, 7) is 3.65. The zero-order valence-corrected chi connectivity index (χ0v) is 44.7. The second-order valence-corrected chi connectivity index (χ2v) is 19.7. The van der Waals surface area contributed by atoms with Crippen molar-refractivity contribution in [3.8, 4) is 0 Å². The first-order valence-electron chi connectivity index (χ1n) is 28.8. The van der Waals surface area contributed by atoms with E-state index in [9.17, 15) is 30.3 Å². The summed E-state index contributed by atoms with van der Waals surface area (Å²) in [7, 11) is 0. The fourth-order valence-electron chi connectivity index (χ4n) is 8.67. The molecule has 9 heteroatoms. The second-order valence-electron chi connectivity index (χ2n) is 19.7. The lowest BCUT2D eigenvalue weighted by molar-refractivity contribution is -0.302. The van der Waals surface area contributed by atoms with Crippen LogP contribution in [0.15, 0.2) is 85.1 Å². The van der Waals surface area contributed by atoms with Crippen LogP contribution in [0.3, 0.4) is 0 Å². The van der Waals surface area contributed by atoms with Crippen molar-refractivity contribution in [1.29, 1.82) is 0 Å². The lowest BCUT2D eigenvalue weighted by Crippen LogP contribution is -2.60. The van der Waals surface area contributed by atoms with E-state index in [1.54, 1.807) is 6.08 Å². The number of unbranched alkanes of at least 4 members (excludes halogenated alkanes) is 26. The fraction of sp³-hybridized carbons (Fsp3) is 0.754. The first-order valence-corrected chi connectivity index (χ1v) is 28.8. The standard InChI is InChI=1S/C61H107NO8/c1-3-5-7-9-11-13-15-17-19-21-22-23-24-25-26-27-28-29-30-31-32-33-34-35-37-39-41-43-45-47-49-51-57(65)62-54(53-69-61-60(68)59(67)58(66)56(52-63)70-61)55(64)50-48-46-44-42-40-38-36-20-18-16-14-12-10-8-6-4-2/h5,7,11,13,17,19,22-23,25-26,40,42,48,50,54-56,58-61,63-64,66-68H,3-4,6,8-10,12,14-16,18,20-21,24,27-39,41,43-47,49,51-53H2,1-2H3,(H,62,65)/b7-5-,13-11-,19-17-,23-22-,26-25-,42-40+,50-48+. The number of carbonyl (C=O) groups is 1. The molecule has 1 heterocycles. The van der Waals surface area contributed by atoms with Crippen molar-refractivity contribution < 1.29 is 39.8 Å². The molecular weight excluding hydrogens is 875 g/mol. The summed E-state index contributed by atoms with van der Waals surface area (Å²) < 4.78 is 11.2. The van der Waals surface area contributed by atoms with Gasteiger partial charge in [0.1, 0.15) is 24.4 Å². The highest BCUT2D eigenvalue weighted by molar-refractivity contribution is 5.76. The molecule has 1 aliphatic heterocycles. The molecule has 0 aromatic heterocycles. The van der Waals surface area contributed by atoms with E-state index in [0.29, 0.717) is 6.42 Å². The van der Waals surface area contributed by atoms with Gasteiger partial charge in [0.05, 0.1) is 25.4 Å². The predicted molar refractivity (Wildman–Crippen MR) is 295 cm³/mol. The number of hydrogen-bond donors (Lipinski definition) is 6. The fourth-order valence-corrected chi connectivity index (χ4v) is 8.67. The van der Waals surface area contributed by atoms with Gasteiger partial charge in [-0.25, -0.2) is 0 Å². The van der Waals surface area contributed by atoms with Gasteiger partial charge in [0, 0.05) is 6.42 Å². The largest absolute Gasteiger partial charge is 0.394 e. The third kappa shape index (κ3) is 39.0. The Morgan fingerprint density at radius 2 is 0.900 bits per heavy atom. The molecule has 404 valence electrons. The molecule has 0 spiro atoms. The van der Waals surface area contributed by atoms with Gasteiger partial charge < -0.3 is 40.3 Å². The van der Waals surface area contributed by atoms with Gasteiger partial charge in [0.25, 0.3) is 0 Å². The highest BCUT2D eigenvalue weighted by Crippen LogP contribution is 2.23. The summed E-state index contributed by atoms with van der Waals surface area (Å²) in [5, 5.41) is 54.4. The van der Waals surface area contributed by atoms with Crippen LogP contribution >= 0.6 is 0 Å². The first kappa shape index (κ1) is 65.4. The minimum absolute atomic E-state index is 0.189. The van der Waals surface area contributed by atoms with E-state index in [2.05, 4.69) is 92.1 Å². The Morgan fingerprint density at radius 3 is 1.37 bits per heavy atom. The normalized spacial score (nSPS) is 20.0. The highest BCUT2D eigenvalue weighted by atomic mass is 16.7. The number of amides is 1. The van der Waals surface area contributed by atoms with E-state index in [4.69, 9.17) is 9.47 Å². The molecule has 0 aromatic carbocycles. The van der Waals surface area contributed by atoms with Crippen molar-refractivity contribution >= 4 is 5.91 Å². The molecule has 0 saturated carbocycles. The van der Waals surface area contributed by atoms with Crippen LogP contribution in [0, 0.1) is 0 Å². The van der Waals surface area contributed by atoms with E-state index in [-0.39, 0.29) is 12.5 Å². The Morgan fingerprint density at radius 1 is 0.500 bits per heavy atom.